The molecule has 6 heteroatoms. The molecule has 2 aromatic rings. The lowest BCUT2D eigenvalue weighted by Gasteiger charge is -2.23. The van der Waals surface area contributed by atoms with Crippen LogP contribution in [-0.2, 0) is 17.8 Å². The van der Waals surface area contributed by atoms with Crippen LogP contribution in [0.4, 0.5) is 5.69 Å². The number of aryl methyl sites for hydroxylation is 2. The molecule has 1 atom stereocenters. The molecule has 0 spiro atoms. The maximum absolute atomic E-state index is 12.5. The van der Waals surface area contributed by atoms with Gasteiger partial charge in [-0.1, -0.05) is 6.07 Å². The van der Waals surface area contributed by atoms with E-state index in [-0.39, 0.29) is 11.9 Å². The molecule has 0 bridgehead atoms. The van der Waals surface area contributed by atoms with Crippen molar-refractivity contribution in [2.45, 2.75) is 32.9 Å². The SMILES string of the molecule is Cc1cc(C)c(NC(=O)C2Cc3nc[nH]c3CN2)c(Br)c1. The normalized spacial score (nSPS) is 17.4. The fourth-order valence-electron chi connectivity index (χ4n) is 2.64. The van der Waals surface area contributed by atoms with Crippen LogP contribution in [0.15, 0.2) is 22.9 Å². The van der Waals surface area contributed by atoms with E-state index in [9.17, 15) is 4.79 Å². The highest BCUT2D eigenvalue weighted by Crippen LogP contribution is 2.28. The molecule has 5 nitrogen and oxygen atoms in total. The minimum absolute atomic E-state index is 0.0312. The van der Waals surface area contributed by atoms with Gasteiger partial charge in [-0.15, -0.1) is 0 Å². The van der Waals surface area contributed by atoms with Gasteiger partial charge in [-0.3, -0.25) is 10.1 Å². The maximum Gasteiger partial charge on any atom is 0.241 e. The fraction of sp³-hybridized carbons (Fsp3) is 0.333. The van der Waals surface area contributed by atoms with E-state index < -0.39 is 0 Å². The standard InChI is InChI=1S/C15H17BrN4O/c1-8-3-9(2)14(10(16)4-8)20-15(21)12-5-11-13(6-17-12)19-7-18-11/h3-4,7,12,17H,5-6H2,1-2H3,(H,18,19)(H,20,21). The summed E-state index contributed by atoms with van der Waals surface area (Å²) >= 11 is 3.52. The number of hydrogen-bond donors (Lipinski definition) is 3. The second-order valence-electron chi connectivity index (χ2n) is 5.39. The summed E-state index contributed by atoms with van der Waals surface area (Å²) in [4.78, 5) is 19.8. The second kappa shape index (κ2) is 5.61. The highest BCUT2D eigenvalue weighted by atomic mass is 79.9. The Labute approximate surface area is 131 Å². The molecule has 21 heavy (non-hydrogen) atoms. The third-order valence-electron chi connectivity index (χ3n) is 3.73. The zero-order valence-electron chi connectivity index (χ0n) is 12.0. The fourth-order valence-corrected chi connectivity index (χ4v) is 3.41. The lowest BCUT2D eigenvalue weighted by Crippen LogP contribution is -2.44. The molecule has 1 aromatic heterocycles. The first-order valence-electron chi connectivity index (χ1n) is 6.86. The Morgan fingerprint density at radius 2 is 2.24 bits per heavy atom. The number of nitrogens with zero attached hydrogens (tertiary/aromatic N) is 1. The number of anilines is 1. The molecule has 3 rings (SSSR count). The number of H-pyrrole nitrogens is 1. The maximum atomic E-state index is 12.5. The molecule has 1 amide bonds. The molecule has 3 N–H and O–H groups in total. The largest absolute Gasteiger partial charge is 0.347 e. The third-order valence-corrected chi connectivity index (χ3v) is 4.35. The van der Waals surface area contributed by atoms with Crippen LogP contribution < -0.4 is 10.6 Å². The first-order chi connectivity index (χ1) is 10.0. The van der Waals surface area contributed by atoms with Crippen LogP contribution in [0.2, 0.25) is 0 Å². The van der Waals surface area contributed by atoms with Crippen molar-refractivity contribution >= 4 is 27.5 Å². The average Bonchev–Trinajstić information content (AvgIpc) is 2.89. The number of halogens is 1. The molecule has 1 aromatic carbocycles. The topological polar surface area (TPSA) is 69.8 Å². The molecule has 110 valence electrons. The van der Waals surface area contributed by atoms with Crippen LogP contribution in [0.5, 0.6) is 0 Å². The molecule has 1 unspecified atom stereocenters. The highest BCUT2D eigenvalue weighted by molar-refractivity contribution is 9.10. The van der Waals surface area contributed by atoms with Gasteiger partial charge in [-0.2, -0.15) is 0 Å². The predicted molar refractivity (Wildman–Crippen MR) is 85.2 cm³/mol. The van der Waals surface area contributed by atoms with Gasteiger partial charge in [-0.05, 0) is 47.0 Å². The summed E-state index contributed by atoms with van der Waals surface area (Å²) in [5.41, 5.74) is 5.07. The summed E-state index contributed by atoms with van der Waals surface area (Å²) in [6.07, 6.45) is 2.28. The number of fused-ring (bicyclic) bond motifs is 1. The van der Waals surface area contributed by atoms with Crippen molar-refractivity contribution < 1.29 is 4.79 Å². The Morgan fingerprint density at radius 1 is 1.43 bits per heavy atom. The lowest BCUT2D eigenvalue weighted by atomic mass is 10.0. The van der Waals surface area contributed by atoms with Gasteiger partial charge in [0.05, 0.1) is 29.4 Å². The van der Waals surface area contributed by atoms with Crippen LogP contribution in [0.1, 0.15) is 22.5 Å². The van der Waals surface area contributed by atoms with Crippen molar-refractivity contribution in [2.75, 3.05) is 5.32 Å². The number of benzene rings is 1. The van der Waals surface area contributed by atoms with Crippen molar-refractivity contribution in [1.29, 1.82) is 0 Å². The lowest BCUT2D eigenvalue weighted by molar-refractivity contribution is -0.118. The van der Waals surface area contributed by atoms with Crippen molar-refractivity contribution in [3.63, 3.8) is 0 Å². The molecule has 0 fully saturated rings. The Morgan fingerprint density at radius 3 is 3.00 bits per heavy atom. The number of nitrogens with one attached hydrogen (secondary N) is 3. The zero-order chi connectivity index (χ0) is 15.0. The van der Waals surface area contributed by atoms with E-state index in [1.54, 1.807) is 6.33 Å². The van der Waals surface area contributed by atoms with E-state index in [2.05, 4.69) is 42.6 Å². The smallest absolute Gasteiger partial charge is 0.241 e. The molecule has 1 aliphatic heterocycles. The van der Waals surface area contributed by atoms with Gasteiger partial charge in [0.1, 0.15) is 0 Å². The zero-order valence-corrected chi connectivity index (χ0v) is 13.5. The van der Waals surface area contributed by atoms with Gasteiger partial charge in [0.2, 0.25) is 5.91 Å². The van der Waals surface area contributed by atoms with Gasteiger partial charge in [-0.25, -0.2) is 4.98 Å². The monoisotopic (exact) mass is 348 g/mol. The number of amides is 1. The van der Waals surface area contributed by atoms with Crippen molar-refractivity contribution in [3.8, 4) is 0 Å². The molecule has 0 radical (unpaired) electrons. The van der Waals surface area contributed by atoms with E-state index in [4.69, 9.17) is 0 Å². The molecule has 1 aliphatic rings. The molecule has 0 saturated heterocycles. The van der Waals surface area contributed by atoms with Gasteiger partial charge < -0.3 is 10.3 Å². The summed E-state index contributed by atoms with van der Waals surface area (Å²) in [6.45, 7) is 4.67. The highest BCUT2D eigenvalue weighted by Gasteiger charge is 2.26. The van der Waals surface area contributed by atoms with Crippen molar-refractivity contribution in [3.05, 3.63) is 45.4 Å². The van der Waals surface area contributed by atoms with Crippen LogP contribution in [0.3, 0.4) is 0 Å². The number of carbonyl (C=O) groups excluding carboxylic acids is 1. The number of hydrogen-bond acceptors (Lipinski definition) is 3. The van der Waals surface area contributed by atoms with Crippen molar-refractivity contribution in [2.24, 2.45) is 0 Å². The molecule has 2 heterocycles. The molecule has 0 saturated carbocycles. The summed E-state index contributed by atoms with van der Waals surface area (Å²) in [7, 11) is 0. The Hall–Kier alpha value is -1.66. The number of carbonyl (C=O) groups is 1. The number of aromatic amines is 1. The number of aromatic nitrogens is 2. The summed E-state index contributed by atoms with van der Waals surface area (Å²) in [5.74, 6) is -0.0312. The second-order valence-corrected chi connectivity index (χ2v) is 6.25. The Bertz CT molecular complexity index is 672. The average molecular weight is 349 g/mol. The van der Waals surface area contributed by atoms with Gasteiger partial charge in [0.15, 0.2) is 0 Å². The van der Waals surface area contributed by atoms with Crippen LogP contribution in [0.25, 0.3) is 0 Å². The van der Waals surface area contributed by atoms with E-state index >= 15 is 0 Å². The van der Waals surface area contributed by atoms with Gasteiger partial charge >= 0.3 is 0 Å². The predicted octanol–water partition coefficient (Wildman–Crippen LogP) is 2.44. The van der Waals surface area contributed by atoms with E-state index in [0.29, 0.717) is 13.0 Å². The molecule has 0 aliphatic carbocycles. The first kappa shape index (κ1) is 14.3. The molecular weight excluding hydrogens is 332 g/mol. The van der Waals surface area contributed by atoms with E-state index in [1.165, 1.54) is 0 Å². The van der Waals surface area contributed by atoms with E-state index in [0.717, 1.165) is 32.7 Å². The number of rotatable bonds is 2. The third kappa shape index (κ3) is 2.87. The van der Waals surface area contributed by atoms with Crippen LogP contribution >= 0.6 is 15.9 Å². The Balaban J connectivity index is 1.76. The Kier molecular flexibility index (Phi) is 3.82. The van der Waals surface area contributed by atoms with E-state index in [1.807, 2.05) is 19.9 Å². The molecular formula is C15H17BrN4O. The number of imidazole rings is 1. The summed E-state index contributed by atoms with van der Waals surface area (Å²) in [6, 6.07) is 3.80. The van der Waals surface area contributed by atoms with Crippen LogP contribution in [-0.4, -0.2) is 21.9 Å². The minimum atomic E-state index is -0.256. The summed E-state index contributed by atoms with van der Waals surface area (Å²) in [5, 5.41) is 6.25. The van der Waals surface area contributed by atoms with Gasteiger partial charge in [0, 0.05) is 17.4 Å². The quantitative estimate of drug-likeness (QED) is 0.780. The van der Waals surface area contributed by atoms with Gasteiger partial charge in [0.25, 0.3) is 0 Å². The van der Waals surface area contributed by atoms with Crippen LogP contribution in [0, 0.1) is 13.8 Å². The first-order valence-corrected chi connectivity index (χ1v) is 7.66. The summed E-state index contributed by atoms with van der Waals surface area (Å²) < 4.78 is 0.907. The van der Waals surface area contributed by atoms with Crippen molar-refractivity contribution in [1.82, 2.24) is 15.3 Å². The minimum Gasteiger partial charge on any atom is -0.347 e.